The second-order valence-electron chi connectivity index (χ2n) is 13.8. The minimum atomic E-state index is -0.305. The van der Waals surface area contributed by atoms with Crippen molar-refractivity contribution in [2.24, 2.45) is 0 Å². The Morgan fingerprint density at radius 1 is 0.542 bits per heavy atom. The lowest BCUT2D eigenvalue weighted by atomic mass is 10.0. The van der Waals surface area contributed by atoms with Gasteiger partial charge in [-0.1, -0.05) is 184 Å². The molecule has 0 saturated carbocycles. The zero-order valence-electron chi connectivity index (χ0n) is 30.8. The molecule has 0 aliphatic rings. The van der Waals surface area contributed by atoms with E-state index in [-0.39, 0.29) is 12.1 Å². The summed E-state index contributed by atoms with van der Waals surface area (Å²) in [6, 6.07) is 24.4. The van der Waals surface area contributed by atoms with E-state index in [9.17, 15) is 4.79 Å². The predicted molar refractivity (Wildman–Crippen MR) is 205 cm³/mol. The fourth-order valence-corrected chi connectivity index (χ4v) is 6.46. The Balaban J connectivity index is 1.36. The molecule has 48 heavy (non-hydrogen) atoms. The first-order valence-electron chi connectivity index (χ1n) is 19.7. The van der Waals surface area contributed by atoms with E-state index in [1.165, 1.54) is 121 Å². The maximum absolute atomic E-state index is 13.1. The largest absolute Gasteiger partial charge is 0.423 e. The Morgan fingerprint density at radius 3 is 1.54 bits per heavy atom. The zero-order valence-corrected chi connectivity index (χ0v) is 30.8. The molecule has 1 unspecified atom stereocenters. The van der Waals surface area contributed by atoms with Crippen LogP contribution < -0.4 is 4.74 Å². The lowest BCUT2D eigenvalue weighted by molar-refractivity contribution is 0.0627. The van der Waals surface area contributed by atoms with E-state index in [0.717, 1.165) is 42.6 Å². The van der Waals surface area contributed by atoms with Crippen molar-refractivity contribution < 1.29 is 14.3 Å². The quantitative estimate of drug-likeness (QED) is 0.0466. The van der Waals surface area contributed by atoms with Gasteiger partial charge < -0.3 is 9.47 Å². The maximum atomic E-state index is 13.1. The summed E-state index contributed by atoms with van der Waals surface area (Å²) in [6.07, 6.45) is 27.6. The number of benzene rings is 3. The van der Waals surface area contributed by atoms with Gasteiger partial charge in [0.05, 0.1) is 11.7 Å². The molecule has 0 aromatic heterocycles. The second kappa shape index (κ2) is 25.1. The minimum absolute atomic E-state index is 0.0859. The van der Waals surface area contributed by atoms with Gasteiger partial charge in [-0.2, -0.15) is 0 Å². The first-order valence-corrected chi connectivity index (χ1v) is 19.7. The Kier molecular flexibility index (Phi) is 20.7. The lowest BCUT2D eigenvalue weighted by Gasteiger charge is -2.14. The van der Waals surface area contributed by atoms with Crippen LogP contribution >= 0.6 is 0 Å². The van der Waals surface area contributed by atoms with Crippen molar-refractivity contribution in [3.63, 3.8) is 0 Å². The molecule has 0 bridgehead atoms. The van der Waals surface area contributed by atoms with E-state index >= 15 is 0 Å². The average molecular weight is 655 g/mol. The van der Waals surface area contributed by atoms with E-state index < -0.39 is 0 Å². The van der Waals surface area contributed by atoms with Crippen molar-refractivity contribution in [3.05, 3.63) is 89.5 Å². The van der Waals surface area contributed by atoms with Gasteiger partial charge in [-0.15, -0.1) is 0 Å². The highest BCUT2D eigenvalue weighted by atomic mass is 16.5. The van der Waals surface area contributed by atoms with Gasteiger partial charge in [0, 0.05) is 6.61 Å². The molecule has 3 nitrogen and oxygen atoms in total. The van der Waals surface area contributed by atoms with Crippen LogP contribution in [0.1, 0.15) is 177 Å². The fraction of sp³-hybridized carbons (Fsp3) is 0.578. The second-order valence-corrected chi connectivity index (χ2v) is 13.8. The van der Waals surface area contributed by atoms with Gasteiger partial charge >= 0.3 is 5.97 Å². The van der Waals surface area contributed by atoms with Gasteiger partial charge in [0.2, 0.25) is 0 Å². The Hall–Kier alpha value is -2.91. The third-order valence-electron chi connectivity index (χ3n) is 9.67. The van der Waals surface area contributed by atoms with Crippen LogP contribution in [0.25, 0.3) is 11.1 Å². The summed E-state index contributed by atoms with van der Waals surface area (Å²) in [4.78, 5) is 13.1. The molecule has 3 rings (SSSR count). The van der Waals surface area contributed by atoms with Gasteiger partial charge in [-0.25, -0.2) is 4.79 Å². The SMILES string of the molecule is CCCCCCCCCCCCOC(C)c1ccc(-c2ccc(C(=O)Oc3ccccc3CCCCCCCCCCCC)cc2)cc1. The number of rotatable bonds is 27. The molecular weight excluding hydrogens is 588 g/mol. The highest BCUT2D eigenvalue weighted by molar-refractivity contribution is 5.91. The highest BCUT2D eigenvalue weighted by Crippen LogP contribution is 2.26. The summed E-state index contributed by atoms with van der Waals surface area (Å²) in [5.74, 6) is 0.378. The molecule has 0 aliphatic carbocycles. The predicted octanol–water partition coefficient (Wildman–Crippen LogP) is 14.0. The van der Waals surface area contributed by atoms with Gasteiger partial charge in [0.25, 0.3) is 0 Å². The number of para-hydroxylation sites is 1. The van der Waals surface area contributed by atoms with Crippen molar-refractivity contribution in [2.75, 3.05) is 6.61 Å². The Bertz CT molecular complexity index is 1230. The molecular formula is C45H66O3. The number of unbranched alkanes of at least 4 members (excludes halogenated alkanes) is 18. The number of esters is 1. The maximum Gasteiger partial charge on any atom is 0.343 e. The van der Waals surface area contributed by atoms with Gasteiger partial charge in [0.15, 0.2) is 0 Å². The van der Waals surface area contributed by atoms with Gasteiger partial charge in [-0.3, -0.25) is 0 Å². The molecule has 0 N–H and O–H groups in total. The standard InChI is InChI=1S/C45H66O3/c1-4-6-8-10-12-14-16-18-20-22-26-42-27-23-24-28-44(42)48-45(46)43-35-33-41(34-36-43)40-31-29-39(30-32-40)38(3)47-37-25-21-19-17-15-13-11-9-7-5-2/h23-24,27-36,38H,4-22,25-26,37H2,1-3H3. The zero-order chi connectivity index (χ0) is 34.1. The summed E-state index contributed by atoms with van der Waals surface area (Å²) < 4.78 is 12.0. The van der Waals surface area contributed by atoms with Crippen LogP contribution in [0.5, 0.6) is 5.75 Å². The highest BCUT2D eigenvalue weighted by Gasteiger charge is 2.13. The summed E-state index contributed by atoms with van der Waals surface area (Å²) in [7, 11) is 0. The molecule has 264 valence electrons. The molecule has 0 heterocycles. The van der Waals surface area contributed by atoms with Gasteiger partial charge in [0.1, 0.15) is 5.75 Å². The van der Waals surface area contributed by atoms with Crippen LogP contribution in [0.15, 0.2) is 72.8 Å². The van der Waals surface area contributed by atoms with E-state index in [1.807, 2.05) is 42.5 Å². The summed E-state index contributed by atoms with van der Waals surface area (Å²) in [6.45, 7) is 7.51. The fourth-order valence-electron chi connectivity index (χ4n) is 6.46. The first kappa shape index (κ1) is 39.5. The number of aryl methyl sites for hydroxylation is 1. The molecule has 3 heteroatoms. The van der Waals surface area contributed by atoms with E-state index in [0.29, 0.717) is 11.3 Å². The summed E-state index contributed by atoms with van der Waals surface area (Å²) >= 11 is 0. The number of hydrogen-bond acceptors (Lipinski definition) is 3. The van der Waals surface area contributed by atoms with Crippen LogP contribution in [0, 0.1) is 0 Å². The van der Waals surface area contributed by atoms with Crippen molar-refractivity contribution in [2.45, 2.75) is 162 Å². The summed E-state index contributed by atoms with van der Waals surface area (Å²) in [5.41, 5.74) is 5.09. The molecule has 0 amide bonds. The van der Waals surface area contributed by atoms with E-state index in [4.69, 9.17) is 9.47 Å². The van der Waals surface area contributed by atoms with Crippen LogP contribution in [0.4, 0.5) is 0 Å². The van der Waals surface area contributed by atoms with Crippen LogP contribution in [-0.2, 0) is 11.2 Å². The third kappa shape index (κ3) is 16.0. The first-order chi connectivity index (χ1) is 23.6. The topological polar surface area (TPSA) is 35.5 Å². The molecule has 3 aromatic carbocycles. The van der Waals surface area contributed by atoms with Crippen molar-refractivity contribution in [1.29, 1.82) is 0 Å². The van der Waals surface area contributed by atoms with Crippen molar-refractivity contribution >= 4 is 5.97 Å². The minimum Gasteiger partial charge on any atom is -0.423 e. The Labute approximate surface area is 294 Å². The lowest BCUT2D eigenvalue weighted by Crippen LogP contribution is -2.09. The van der Waals surface area contributed by atoms with E-state index in [2.05, 4.69) is 51.1 Å². The number of ether oxygens (including phenoxy) is 2. The van der Waals surface area contributed by atoms with Crippen LogP contribution in [0.2, 0.25) is 0 Å². The van der Waals surface area contributed by atoms with Gasteiger partial charge in [-0.05, 0) is 66.6 Å². The van der Waals surface area contributed by atoms with Crippen molar-refractivity contribution in [1.82, 2.24) is 0 Å². The molecule has 0 radical (unpaired) electrons. The summed E-state index contributed by atoms with van der Waals surface area (Å²) in [5, 5.41) is 0. The number of carbonyl (C=O) groups is 1. The molecule has 0 aliphatic heterocycles. The molecule has 0 saturated heterocycles. The third-order valence-corrected chi connectivity index (χ3v) is 9.67. The monoisotopic (exact) mass is 655 g/mol. The molecule has 1 atom stereocenters. The van der Waals surface area contributed by atoms with Crippen molar-refractivity contribution in [3.8, 4) is 16.9 Å². The van der Waals surface area contributed by atoms with Crippen LogP contribution in [-0.4, -0.2) is 12.6 Å². The average Bonchev–Trinajstić information content (AvgIpc) is 3.12. The molecule has 3 aromatic rings. The molecule has 0 spiro atoms. The van der Waals surface area contributed by atoms with E-state index in [1.54, 1.807) is 0 Å². The number of hydrogen-bond donors (Lipinski definition) is 0. The Morgan fingerprint density at radius 2 is 1.00 bits per heavy atom. The normalized spacial score (nSPS) is 11.9. The smallest absolute Gasteiger partial charge is 0.343 e. The molecule has 0 fully saturated rings. The number of carbonyl (C=O) groups excluding carboxylic acids is 1. The van der Waals surface area contributed by atoms with Crippen LogP contribution in [0.3, 0.4) is 0 Å².